The number of benzene rings is 2. The van der Waals surface area contributed by atoms with Crippen molar-refractivity contribution in [2.24, 2.45) is 0 Å². The lowest BCUT2D eigenvalue weighted by Gasteiger charge is -2.23. The number of nitrogens with one attached hydrogen (secondary N) is 1. The molecule has 0 fully saturated rings. The van der Waals surface area contributed by atoms with Gasteiger partial charge in [0.15, 0.2) is 0 Å². The maximum Gasteiger partial charge on any atom is 0.328 e. The molecule has 2 aromatic carbocycles. The fourth-order valence-electron chi connectivity index (χ4n) is 3.10. The van der Waals surface area contributed by atoms with Gasteiger partial charge in [0, 0.05) is 25.2 Å². The van der Waals surface area contributed by atoms with Gasteiger partial charge in [0.1, 0.15) is 0 Å². The zero-order valence-corrected chi connectivity index (χ0v) is 17.1. The highest BCUT2D eigenvalue weighted by Crippen LogP contribution is 2.27. The second-order valence-corrected chi connectivity index (χ2v) is 6.71. The van der Waals surface area contributed by atoms with Crippen LogP contribution in [0, 0.1) is 0 Å². The Morgan fingerprint density at radius 3 is 2.40 bits per heavy atom. The van der Waals surface area contributed by atoms with E-state index in [1.54, 1.807) is 0 Å². The summed E-state index contributed by atoms with van der Waals surface area (Å²) < 4.78 is 0. The topological polar surface area (TPSA) is 89.9 Å². The summed E-state index contributed by atoms with van der Waals surface area (Å²) in [6, 6.07) is 15.2. The Hall–Kier alpha value is -3.38. The van der Waals surface area contributed by atoms with Crippen molar-refractivity contribution in [3.63, 3.8) is 0 Å². The van der Waals surface area contributed by atoms with Crippen molar-refractivity contribution >= 4 is 28.3 Å². The van der Waals surface area contributed by atoms with E-state index >= 15 is 0 Å². The smallest absolute Gasteiger partial charge is 0.328 e. The minimum absolute atomic E-state index is 0.558. The first kappa shape index (κ1) is 22.9. The number of hydrogen-bond acceptors (Lipinski definition) is 4. The van der Waals surface area contributed by atoms with E-state index < -0.39 is 11.9 Å². The number of rotatable bonds is 8. The number of aliphatic carboxylic acids is 2. The van der Waals surface area contributed by atoms with Crippen molar-refractivity contribution in [3.8, 4) is 0 Å². The van der Waals surface area contributed by atoms with Crippen LogP contribution in [0.25, 0.3) is 16.3 Å². The molecule has 0 saturated heterocycles. The molecule has 0 aliphatic carbocycles. The van der Waals surface area contributed by atoms with E-state index in [0.29, 0.717) is 12.2 Å². The van der Waals surface area contributed by atoms with Gasteiger partial charge in [0.05, 0.1) is 0 Å². The third-order valence-electron chi connectivity index (χ3n) is 4.53. The molecule has 30 heavy (non-hydrogen) atoms. The number of allylic oxidation sites excluding steroid dienone is 2. The lowest BCUT2D eigenvalue weighted by molar-refractivity contribution is -0.134. The largest absolute Gasteiger partial charge is 0.478 e. The molecule has 0 saturated carbocycles. The minimum Gasteiger partial charge on any atom is -0.478 e. The molecule has 6 heteroatoms. The Morgan fingerprint density at radius 2 is 1.77 bits per heavy atom. The van der Waals surface area contributed by atoms with E-state index in [2.05, 4.69) is 78.0 Å². The van der Waals surface area contributed by atoms with E-state index in [4.69, 9.17) is 10.2 Å². The first-order valence-corrected chi connectivity index (χ1v) is 9.96. The highest BCUT2D eigenvalue weighted by molar-refractivity contribution is 5.96. The summed E-state index contributed by atoms with van der Waals surface area (Å²) in [5.74, 6) is -2.51. The summed E-state index contributed by atoms with van der Waals surface area (Å²) in [6.45, 7) is 6.42. The van der Waals surface area contributed by atoms with Gasteiger partial charge in [-0.3, -0.25) is 0 Å². The quantitative estimate of drug-likeness (QED) is 0.455. The SMILES string of the molecule is CCNCCCN1C=CC(c2cccc3ccccc23)=CC1.O=C(O)C=CC(=O)O. The Labute approximate surface area is 176 Å². The fourth-order valence-corrected chi connectivity index (χ4v) is 3.10. The third-order valence-corrected chi connectivity index (χ3v) is 4.53. The standard InChI is InChI=1S/C20H24N2.C4H4O4/c1-2-21-13-6-14-22-15-11-18(12-16-22)20-10-5-8-17-7-3-4-9-19(17)20;5-3(6)1-2-4(7)8/h3-5,7-12,15,21H,2,6,13-14,16H2,1H3;1-2H,(H,5,6)(H,7,8). The first-order valence-electron chi connectivity index (χ1n) is 9.96. The van der Waals surface area contributed by atoms with Crippen molar-refractivity contribution < 1.29 is 19.8 Å². The van der Waals surface area contributed by atoms with Crippen LogP contribution < -0.4 is 5.32 Å². The lowest BCUT2D eigenvalue weighted by atomic mass is 9.97. The average Bonchev–Trinajstić information content (AvgIpc) is 2.76. The summed E-state index contributed by atoms with van der Waals surface area (Å²) in [6.07, 6.45) is 9.14. The number of hydrogen-bond donors (Lipinski definition) is 3. The molecule has 6 nitrogen and oxygen atoms in total. The molecular formula is C24H28N2O4. The molecule has 1 heterocycles. The van der Waals surface area contributed by atoms with Gasteiger partial charge in [-0.05, 0) is 53.7 Å². The number of nitrogens with zero attached hydrogens (tertiary/aromatic N) is 1. The van der Waals surface area contributed by atoms with Gasteiger partial charge < -0.3 is 20.4 Å². The second kappa shape index (κ2) is 12.2. The van der Waals surface area contributed by atoms with Gasteiger partial charge in [0.25, 0.3) is 0 Å². The summed E-state index contributed by atoms with van der Waals surface area (Å²) in [5, 5.41) is 21.6. The second-order valence-electron chi connectivity index (χ2n) is 6.71. The van der Waals surface area contributed by atoms with Crippen molar-refractivity contribution in [3.05, 3.63) is 78.5 Å². The Morgan fingerprint density at radius 1 is 1.07 bits per heavy atom. The molecule has 158 valence electrons. The van der Waals surface area contributed by atoms with E-state index in [0.717, 1.165) is 26.2 Å². The van der Waals surface area contributed by atoms with Crippen LogP contribution in [-0.2, 0) is 9.59 Å². The lowest BCUT2D eigenvalue weighted by Crippen LogP contribution is -2.24. The van der Waals surface area contributed by atoms with Gasteiger partial charge in [-0.15, -0.1) is 0 Å². The van der Waals surface area contributed by atoms with Crippen LogP contribution in [0.2, 0.25) is 0 Å². The summed E-state index contributed by atoms with van der Waals surface area (Å²) in [5.41, 5.74) is 2.67. The number of carbonyl (C=O) groups is 2. The molecule has 0 atom stereocenters. The average molecular weight is 408 g/mol. The normalized spacial score (nSPS) is 13.1. The summed E-state index contributed by atoms with van der Waals surface area (Å²) in [7, 11) is 0. The Balaban J connectivity index is 0.000000343. The molecule has 0 bridgehead atoms. The Bertz CT molecular complexity index is 926. The van der Waals surface area contributed by atoms with Crippen LogP contribution in [-0.4, -0.2) is 53.2 Å². The van der Waals surface area contributed by atoms with Crippen molar-refractivity contribution in [2.75, 3.05) is 26.2 Å². The maximum absolute atomic E-state index is 9.55. The molecule has 2 aromatic rings. The third kappa shape index (κ3) is 7.56. The highest BCUT2D eigenvalue weighted by atomic mass is 16.4. The summed E-state index contributed by atoms with van der Waals surface area (Å²) in [4.78, 5) is 21.5. The summed E-state index contributed by atoms with van der Waals surface area (Å²) >= 11 is 0. The van der Waals surface area contributed by atoms with Crippen LogP contribution in [0.4, 0.5) is 0 Å². The van der Waals surface area contributed by atoms with Crippen molar-refractivity contribution in [1.29, 1.82) is 0 Å². The predicted molar refractivity (Wildman–Crippen MR) is 120 cm³/mol. The van der Waals surface area contributed by atoms with Crippen molar-refractivity contribution in [2.45, 2.75) is 13.3 Å². The minimum atomic E-state index is -1.26. The first-order chi connectivity index (χ1) is 14.5. The van der Waals surface area contributed by atoms with Crippen LogP contribution in [0.3, 0.4) is 0 Å². The monoisotopic (exact) mass is 408 g/mol. The van der Waals surface area contributed by atoms with Gasteiger partial charge in [0.2, 0.25) is 0 Å². The number of fused-ring (bicyclic) bond motifs is 1. The van der Waals surface area contributed by atoms with Gasteiger partial charge in [-0.2, -0.15) is 0 Å². The number of carboxylic acids is 2. The molecule has 0 unspecified atom stereocenters. The van der Waals surface area contributed by atoms with Crippen LogP contribution in [0.5, 0.6) is 0 Å². The molecule has 1 aliphatic rings. The number of carboxylic acid groups (broad SMARTS) is 2. The van der Waals surface area contributed by atoms with Crippen LogP contribution in [0.15, 0.2) is 73.0 Å². The van der Waals surface area contributed by atoms with Crippen LogP contribution in [0.1, 0.15) is 18.9 Å². The molecule has 1 aliphatic heterocycles. The van der Waals surface area contributed by atoms with Crippen LogP contribution >= 0.6 is 0 Å². The van der Waals surface area contributed by atoms with E-state index in [1.165, 1.54) is 28.3 Å². The molecule has 3 rings (SSSR count). The van der Waals surface area contributed by atoms with Gasteiger partial charge >= 0.3 is 11.9 Å². The maximum atomic E-state index is 9.55. The molecule has 0 aromatic heterocycles. The van der Waals surface area contributed by atoms with Gasteiger partial charge in [-0.1, -0.05) is 55.5 Å². The van der Waals surface area contributed by atoms with Gasteiger partial charge in [-0.25, -0.2) is 9.59 Å². The Kier molecular flexibility index (Phi) is 9.34. The fraction of sp³-hybridized carbons (Fsp3) is 0.250. The molecular weight excluding hydrogens is 380 g/mol. The molecule has 0 spiro atoms. The van der Waals surface area contributed by atoms with E-state index in [1.807, 2.05) is 0 Å². The molecule has 0 amide bonds. The predicted octanol–water partition coefficient (Wildman–Crippen LogP) is 3.76. The highest BCUT2D eigenvalue weighted by Gasteiger charge is 2.08. The van der Waals surface area contributed by atoms with Crippen molar-refractivity contribution in [1.82, 2.24) is 10.2 Å². The zero-order valence-electron chi connectivity index (χ0n) is 17.1. The zero-order chi connectivity index (χ0) is 21.8. The molecule has 0 radical (unpaired) electrons. The van der Waals surface area contributed by atoms with E-state index in [-0.39, 0.29) is 0 Å². The molecule has 3 N–H and O–H groups in total. The van der Waals surface area contributed by atoms with E-state index in [9.17, 15) is 9.59 Å².